The summed E-state index contributed by atoms with van der Waals surface area (Å²) >= 11 is 0. The molecule has 0 aliphatic rings. The van der Waals surface area contributed by atoms with Crippen LogP contribution in [0.15, 0.2) is 10.3 Å². The van der Waals surface area contributed by atoms with Crippen molar-refractivity contribution in [1.82, 2.24) is 5.01 Å². The highest BCUT2D eigenvalue weighted by Gasteiger charge is 1.89. The minimum atomic E-state index is -0.117. The largest absolute Gasteiger partial charge is 0.410 e. The minimum Gasteiger partial charge on any atom is -0.410 e. The molecule has 1 N–H and O–H groups in total. The Kier molecular flexibility index (Phi) is 3.64. The average molecular weight is 140 g/mol. The molecule has 0 bridgehead atoms. The monoisotopic (exact) mass is 140 g/mol. The van der Waals surface area contributed by atoms with Gasteiger partial charge in [-0.2, -0.15) is 10.4 Å². The van der Waals surface area contributed by atoms with Crippen molar-refractivity contribution in [3.63, 3.8) is 0 Å². The van der Waals surface area contributed by atoms with Gasteiger partial charge in [0.05, 0.1) is 6.21 Å². The van der Waals surface area contributed by atoms with Gasteiger partial charge >= 0.3 is 0 Å². The first-order chi connectivity index (χ1) is 4.70. The maximum atomic E-state index is 8.19. The van der Waals surface area contributed by atoms with Gasteiger partial charge in [0.15, 0.2) is 5.71 Å². The maximum absolute atomic E-state index is 8.19. The molecule has 0 spiro atoms. The van der Waals surface area contributed by atoms with Gasteiger partial charge in [-0.05, 0) is 0 Å². The molecular formula is C5H8N4O. The van der Waals surface area contributed by atoms with Crippen LogP contribution in [0.5, 0.6) is 0 Å². The van der Waals surface area contributed by atoms with Crippen molar-refractivity contribution in [2.75, 3.05) is 14.1 Å². The molecule has 0 radical (unpaired) electrons. The van der Waals surface area contributed by atoms with Gasteiger partial charge in [-0.1, -0.05) is 5.16 Å². The van der Waals surface area contributed by atoms with Crippen molar-refractivity contribution in [3.05, 3.63) is 0 Å². The first-order valence-electron chi connectivity index (χ1n) is 2.54. The Morgan fingerprint density at radius 1 is 1.70 bits per heavy atom. The van der Waals surface area contributed by atoms with E-state index >= 15 is 0 Å². The first kappa shape index (κ1) is 8.43. The predicted molar refractivity (Wildman–Crippen MR) is 37.0 cm³/mol. The van der Waals surface area contributed by atoms with Crippen molar-refractivity contribution in [1.29, 1.82) is 5.26 Å². The van der Waals surface area contributed by atoms with Crippen molar-refractivity contribution < 1.29 is 5.21 Å². The SMILES string of the molecule is CN(C)/N=C\C(C#N)=N\O. The zero-order chi connectivity index (χ0) is 7.98. The molecule has 0 atom stereocenters. The molecule has 54 valence electrons. The van der Waals surface area contributed by atoms with Gasteiger partial charge in [-0.3, -0.25) is 0 Å². The zero-order valence-corrected chi connectivity index (χ0v) is 5.81. The highest BCUT2D eigenvalue weighted by molar-refractivity contribution is 6.37. The van der Waals surface area contributed by atoms with Gasteiger partial charge in [0.2, 0.25) is 0 Å². The average Bonchev–Trinajstić information content (AvgIpc) is 1.90. The van der Waals surface area contributed by atoms with Gasteiger partial charge in [0.25, 0.3) is 0 Å². The summed E-state index contributed by atoms with van der Waals surface area (Å²) in [7, 11) is 3.39. The molecule has 0 heterocycles. The van der Waals surface area contributed by atoms with E-state index in [0.717, 1.165) is 0 Å². The quantitative estimate of drug-likeness (QED) is 0.330. The Bertz CT molecular complexity index is 188. The Morgan fingerprint density at radius 2 is 2.30 bits per heavy atom. The molecule has 0 aromatic rings. The second kappa shape index (κ2) is 4.32. The van der Waals surface area contributed by atoms with E-state index in [1.165, 1.54) is 11.2 Å². The minimum absolute atomic E-state index is 0.117. The van der Waals surface area contributed by atoms with E-state index in [0.29, 0.717) is 0 Å². The van der Waals surface area contributed by atoms with Crippen molar-refractivity contribution in [3.8, 4) is 6.07 Å². The third kappa shape index (κ3) is 3.43. The highest BCUT2D eigenvalue weighted by atomic mass is 16.4. The van der Waals surface area contributed by atoms with Crippen LogP contribution in [0.2, 0.25) is 0 Å². The van der Waals surface area contributed by atoms with E-state index in [2.05, 4.69) is 10.3 Å². The maximum Gasteiger partial charge on any atom is 0.199 e. The fourth-order valence-electron chi connectivity index (χ4n) is 0.247. The van der Waals surface area contributed by atoms with E-state index in [-0.39, 0.29) is 5.71 Å². The molecule has 0 amide bonds. The number of nitriles is 1. The molecule has 10 heavy (non-hydrogen) atoms. The summed E-state index contributed by atoms with van der Waals surface area (Å²) in [6.07, 6.45) is 1.17. The number of hydrazone groups is 1. The number of oxime groups is 1. The van der Waals surface area contributed by atoms with Gasteiger partial charge < -0.3 is 10.2 Å². The molecule has 0 rings (SSSR count). The van der Waals surface area contributed by atoms with Crippen LogP contribution in [0, 0.1) is 11.3 Å². The van der Waals surface area contributed by atoms with Crippen molar-refractivity contribution in [2.24, 2.45) is 10.3 Å². The molecule has 0 aliphatic heterocycles. The van der Waals surface area contributed by atoms with Crippen LogP contribution < -0.4 is 0 Å². The van der Waals surface area contributed by atoms with Crippen molar-refractivity contribution >= 4 is 11.9 Å². The van der Waals surface area contributed by atoms with E-state index in [1.807, 2.05) is 0 Å². The van der Waals surface area contributed by atoms with Gasteiger partial charge in [0, 0.05) is 14.1 Å². The molecule has 0 saturated carbocycles. The van der Waals surface area contributed by atoms with Crippen LogP contribution in [0.25, 0.3) is 0 Å². The van der Waals surface area contributed by atoms with Crippen LogP contribution in [0.3, 0.4) is 0 Å². The van der Waals surface area contributed by atoms with Crippen LogP contribution in [0.1, 0.15) is 0 Å². The van der Waals surface area contributed by atoms with Crippen LogP contribution in [-0.2, 0) is 0 Å². The van der Waals surface area contributed by atoms with E-state index < -0.39 is 0 Å². The molecule has 0 aromatic heterocycles. The smallest absolute Gasteiger partial charge is 0.199 e. The fourth-order valence-corrected chi connectivity index (χ4v) is 0.247. The Balaban J connectivity index is 4.02. The molecule has 0 fully saturated rings. The van der Waals surface area contributed by atoms with Crippen LogP contribution >= 0.6 is 0 Å². The summed E-state index contributed by atoms with van der Waals surface area (Å²) in [4.78, 5) is 0. The van der Waals surface area contributed by atoms with E-state index in [1.54, 1.807) is 20.2 Å². The predicted octanol–water partition coefficient (Wildman–Crippen LogP) is -0.112. The summed E-state index contributed by atoms with van der Waals surface area (Å²) in [5.74, 6) is 0. The molecule has 5 heteroatoms. The lowest BCUT2D eigenvalue weighted by Crippen LogP contribution is -2.05. The standard InChI is InChI=1S/C5H8N4O/c1-9(2)7-4-5(3-6)8-10/h4,10H,1-2H3/b7-4-,8-5+. The highest BCUT2D eigenvalue weighted by Crippen LogP contribution is 1.74. The summed E-state index contributed by atoms with van der Waals surface area (Å²) in [6, 6.07) is 1.63. The summed E-state index contributed by atoms with van der Waals surface area (Å²) in [5, 5.41) is 24.1. The second-order valence-electron chi connectivity index (χ2n) is 1.69. The van der Waals surface area contributed by atoms with Gasteiger partial charge in [-0.25, -0.2) is 0 Å². The number of hydrogen-bond acceptors (Lipinski definition) is 5. The number of hydrogen-bond donors (Lipinski definition) is 1. The third-order valence-corrected chi connectivity index (χ3v) is 0.633. The van der Waals surface area contributed by atoms with E-state index in [9.17, 15) is 0 Å². The Labute approximate surface area is 58.9 Å². The van der Waals surface area contributed by atoms with E-state index in [4.69, 9.17) is 10.5 Å². The van der Waals surface area contributed by atoms with Crippen LogP contribution in [0.4, 0.5) is 0 Å². The topological polar surface area (TPSA) is 72.0 Å². The molecular weight excluding hydrogens is 132 g/mol. The lowest BCUT2D eigenvalue weighted by Gasteiger charge is -1.99. The Morgan fingerprint density at radius 3 is 2.60 bits per heavy atom. The second-order valence-corrected chi connectivity index (χ2v) is 1.69. The number of rotatable bonds is 2. The summed E-state index contributed by atoms with van der Waals surface area (Å²) in [5.41, 5.74) is -0.117. The van der Waals surface area contributed by atoms with Gasteiger partial charge in [0.1, 0.15) is 6.07 Å². The molecule has 5 nitrogen and oxygen atoms in total. The number of nitrogens with zero attached hydrogens (tertiary/aromatic N) is 4. The fraction of sp³-hybridized carbons (Fsp3) is 0.400. The normalized spacial score (nSPS) is 11.5. The van der Waals surface area contributed by atoms with Crippen molar-refractivity contribution in [2.45, 2.75) is 0 Å². The Hall–Kier alpha value is -1.57. The lowest BCUT2D eigenvalue weighted by molar-refractivity contribution is 0.321. The lowest BCUT2D eigenvalue weighted by atomic mass is 10.5. The molecule has 0 aromatic carbocycles. The first-order valence-corrected chi connectivity index (χ1v) is 2.54. The summed E-state index contributed by atoms with van der Waals surface area (Å²) < 4.78 is 0. The van der Waals surface area contributed by atoms with Gasteiger partial charge in [-0.15, -0.1) is 0 Å². The molecule has 0 unspecified atom stereocenters. The molecule has 0 aliphatic carbocycles. The third-order valence-electron chi connectivity index (χ3n) is 0.633. The van der Waals surface area contributed by atoms with Crippen LogP contribution in [-0.4, -0.2) is 36.2 Å². The zero-order valence-electron chi connectivity index (χ0n) is 5.81. The summed E-state index contributed by atoms with van der Waals surface area (Å²) in [6.45, 7) is 0. The molecule has 0 saturated heterocycles.